The third kappa shape index (κ3) is 4.65. The van der Waals surface area contributed by atoms with Crippen LogP contribution in [0.3, 0.4) is 0 Å². The molecule has 0 aliphatic carbocycles. The average Bonchev–Trinajstić information content (AvgIpc) is 2.98. The van der Waals surface area contributed by atoms with Gasteiger partial charge in [0.05, 0.1) is 10.7 Å². The zero-order valence-electron chi connectivity index (χ0n) is 14.5. The summed E-state index contributed by atoms with van der Waals surface area (Å²) >= 11 is 2.59. The lowest BCUT2D eigenvalue weighted by Gasteiger charge is -2.09. The molecule has 0 radical (unpaired) electrons. The number of amides is 2. The molecule has 132 valence electrons. The highest BCUT2D eigenvalue weighted by molar-refractivity contribution is 8.41. The zero-order chi connectivity index (χ0) is 18.5. The van der Waals surface area contributed by atoms with Crippen LogP contribution >= 0.6 is 23.5 Å². The molecule has 1 N–H and O–H groups in total. The molecule has 3 rings (SSSR count). The molecule has 1 heterocycles. The number of hydrogen-bond acceptors (Lipinski definition) is 4. The van der Waals surface area contributed by atoms with Crippen LogP contribution in [0.25, 0.3) is 6.08 Å². The van der Waals surface area contributed by atoms with Crippen LogP contribution in [0, 0.1) is 13.8 Å². The third-order valence-electron chi connectivity index (χ3n) is 3.90. The Morgan fingerprint density at radius 1 is 1.15 bits per heavy atom. The van der Waals surface area contributed by atoms with E-state index in [-0.39, 0.29) is 17.6 Å². The third-order valence-corrected chi connectivity index (χ3v) is 6.03. The van der Waals surface area contributed by atoms with E-state index in [2.05, 4.69) is 10.3 Å². The van der Waals surface area contributed by atoms with Crippen molar-refractivity contribution in [1.29, 1.82) is 0 Å². The standard InChI is InChI=1S/C20H18N2O2S2/c1-13-7-6-10-16(14(13)2)21-18(23)12-25-20-22-19(24)17(26-20)11-15-8-4-3-5-9-15/h3-11H,12H2,1-2H3,(H,21,23). The van der Waals surface area contributed by atoms with E-state index in [1.165, 1.54) is 23.5 Å². The number of carbonyl (C=O) groups excluding carboxylic acids is 2. The van der Waals surface area contributed by atoms with Gasteiger partial charge in [-0.05, 0) is 42.7 Å². The maximum atomic E-state index is 12.2. The Morgan fingerprint density at radius 2 is 1.92 bits per heavy atom. The molecule has 4 nitrogen and oxygen atoms in total. The van der Waals surface area contributed by atoms with Gasteiger partial charge in [-0.25, -0.2) is 0 Å². The molecule has 0 spiro atoms. The summed E-state index contributed by atoms with van der Waals surface area (Å²) in [5.74, 6) is -0.151. The maximum Gasteiger partial charge on any atom is 0.285 e. The SMILES string of the molecule is Cc1cccc(NC(=O)CSC2=NC(=O)C(=Cc3ccccc3)S2)c1C. The number of rotatable bonds is 4. The van der Waals surface area contributed by atoms with Crippen LogP contribution in [-0.4, -0.2) is 21.9 Å². The van der Waals surface area contributed by atoms with Crippen LogP contribution < -0.4 is 5.32 Å². The second-order valence-corrected chi connectivity index (χ2v) is 8.04. The maximum absolute atomic E-state index is 12.2. The van der Waals surface area contributed by atoms with Crippen LogP contribution in [0.2, 0.25) is 0 Å². The molecule has 0 fully saturated rings. The number of aliphatic imine (C=N–C) groups is 1. The first kappa shape index (κ1) is 18.5. The van der Waals surface area contributed by atoms with E-state index in [1.54, 1.807) is 0 Å². The zero-order valence-corrected chi connectivity index (χ0v) is 16.1. The number of anilines is 1. The van der Waals surface area contributed by atoms with Gasteiger partial charge in [-0.1, -0.05) is 66.0 Å². The van der Waals surface area contributed by atoms with E-state index in [0.29, 0.717) is 9.28 Å². The van der Waals surface area contributed by atoms with Gasteiger partial charge in [0.25, 0.3) is 5.91 Å². The molecule has 6 heteroatoms. The van der Waals surface area contributed by atoms with E-state index in [0.717, 1.165) is 22.4 Å². The van der Waals surface area contributed by atoms with Crippen molar-refractivity contribution in [3.05, 3.63) is 70.1 Å². The highest BCUT2D eigenvalue weighted by Gasteiger charge is 2.22. The molecule has 1 aliphatic heterocycles. The number of thioether (sulfide) groups is 2. The molecule has 0 unspecified atom stereocenters. The quantitative estimate of drug-likeness (QED) is 0.782. The molecule has 0 bridgehead atoms. The highest BCUT2D eigenvalue weighted by atomic mass is 32.2. The highest BCUT2D eigenvalue weighted by Crippen LogP contribution is 2.33. The van der Waals surface area contributed by atoms with Crippen molar-refractivity contribution in [2.75, 3.05) is 11.1 Å². The van der Waals surface area contributed by atoms with Crippen LogP contribution in [0.15, 0.2) is 58.4 Å². The predicted molar refractivity (Wildman–Crippen MR) is 111 cm³/mol. The monoisotopic (exact) mass is 382 g/mol. The van der Waals surface area contributed by atoms with Crippen molar-refractivity contribution in [3.63, 3.8) is 0 Å². The Labute approximate surface area is 161 Å². The van der Waals surface area contributed by atoms with Gasteiger partial charge in [0.1, 0.15) is 4.38 Å². The summed E-state index contributed by atoms with van der Waals surface area (Å²) in [6, 6.07) is 15.5. The van der Waals surface area contributed by atoms with E-state index < -0.39 is 0 Å². The van der Waals surface area contributed by atoms with Crippen molar-refractivity contribution in [1.82, 2.24) is 0 Å². The molecule has 0 saturated heterocycles. The van der Waals surface area contributed by atoms with E-state index >= 15 is 0 Å². The smallest absolute Gasteiger partial charge is 0.285 e. The lowest BCUT2D eigenvalue weighted by molar-refractivity contribution is -0.114. The first-order chi connectivity index (χ1) is 12.5. The van der Waals surface area contributed by atoms with E-state index in [9.17, 15) is 9.59 Å². The van der Waals surface area contributed by atoms with Crippen molar-refractivity contribution >= 4 is 51.5 Å². The summed E-state index contributed by atoms with van der Waals surface area (Å²) in [7, 11) is 0. The molecule has 1 aliphatic rings. The Morgan fingerprint density at radius 3 is 2.69 bits per heavy atom. The largest absolute Gasteiger partial charge is 0.325 e. The lowest BCUT2D eigenvalue weighted by Crippen LogP contribution is -2.15. The lowest BCUT2D eigenvalue weighted by atomic mass is 10.1. The fraction of sp³-hybridized carbons (Fsp3) is 0.150. The van der Waals surface area contributed by atoms with Gasteiger partial charge in [0.15, 0.2) is 0 Å². The minimum Gasteiger partial charge on any atom is -0.325 e. The summed E-state index contributed by atoms with van der Waals surface area (Å²) in [6.45, 7) is 3.99. The number of hydrogen-bond donors (Lipinski definition) is 1. The van der Waals surface area contributed by atoms with Crippen LogP contribution in [0.1, 0.15) is 16.7 Å². The summed E-state index contributed by atoms with van der Waals surface area (Å²) < 4.78 is 0.605. The number of nitrogens with one attached hydrogen (secondary N) is 1. The normalized spacial score (nSPS) is 15.2. The van der Waals surface area contributed by atoms with Gasteiger partial charge in [0, 0.05) is 5.69 Å². The van der Waals surface area contributed by atoms with Crippen molar-refractivity contribution in [3.8, 4) is 0 Å². The molecule has 2 aromatic rings. The molecule has 2 aromatic carbocycles. The second-order valence-electron chi connectivity index (χ2n) is 5.79. The number of benzene rings is 2. The number of carbonyl (C=O) groups is 2. The fourth-order valence-electron chi connectivity index (χ4n) is 2.35. The number of aryl methyl sites for hydroxylation is 1. The Bertz CT molecular complexity index is 905. The first-order valence-electron chi connectivity index (χ1n) is 8.09. The van der Waals surface area contributed by atoms with Crippen LogP contribution in [-0.2, 0) is 9.59 Å². The minimum atomic E-state index is -0.253. The molecule has 0 aromatic heterocycles. The summed E-state index contributed by atoms with van der Waals surface area (Å²) in [4.78, 5) is 28.8. The number of nitrogens with zero attached hydrogens (tertiary/aromatic N) is 1. The summed E-state index contributed by atoms with van der Waals surface area (Å²) in [6.07, 6.45) is 1.82. The van der Waals surface area contributed by atoms with Gasteiger partial charge in [-0.15, -0.1) is 0 Å². The molecule has 0 saturated carbocycles. The van der Waals surface area contributed by atoms with Gasteiger partial charge < -0.3 is 5.32 Å². The van der Waals surface area contributed by atoms with Gasteiger partial charge in [-0.2, -0.15) is 4.99 Å². The van der Waals surface area contributed by atoms with Crippen molar-refractivity contribution in [2.45, 2.75) is 13.8 Å². The molecular weight excluding hydrogens is 364 g/mol. The topological polar surface area (TPSA) is 58.5 Å². The van der Waals surface area contributed by atoms with Gasteiger partial charge >= 0.3 is 0 Å². The summed E-state index contributed by atoms with van der Waals surface area (Å²) in [5.41, 5.74) is 3.96. The summed E-state index contributed by atoms with van der Waals surface area (Å²) in [5, 5.41) is 2.91. The molecule has 2 amide bonds. The Kier molecular flexibility index (Phi) is 5.96. The minimum absolute atomic E-state index is 0.111. The molecule has 0 atom stereocenters. The first-order valence-corrected chi connectivity index (χ1v) is 9.89. The van der Waals surface area contributed by atoms with Crippen LogP contribution in [0.4, 0.5) is 5.69 Å². The molecule has 26 heavy (non-hydrogen) atoms. The fourth-order valence-corrected chi connectivity index (χ4v) is 4.15. The van der Waals surface area contributed by atoms with E-state index in [1.807, 2.05) is 68.5 Å². The van der Waals surface area contributed by atoms with E-state index in [4.69, 9.17) is 0 Å². The molecular formula is C20H18N2O2S2. The van der Waals surface area contributed by atoms with Gasteiger partial charge in [-0.3, -0.25) is 9.59 Å². The Hall–Kier alpha value is -2.31. The van der Waals surface area contributed by atoms with Crippen molar-refractivity contribution < 1.29 is 9.59 Å². The second kappa shape index (κ2) is 8.38. The van der Waals surface area contributed by atoms with Crippen LogP contribution in [0.5, 0.6) is 0 Å². The van der Waals surface area contributed by atoms with Crippen molar-refractivity contribution in [2.24, 2.45) is 4.99 Å². The van der Waals surface area contributed by atoms with Gasteiger partial charge in [0.2, 0.25) is 5.91 Å². The predicted octanol–water partition coefficient (Wildman–Crippen LogP) is 4.65. The Balaban J connectivity index is 1.56. The average molecular weight is 383 g/mol.